The zero-order valence-corrected chi connectivity index (χ0v) is 10.4. The molecule has 0 saturated heterocycles. The summed E-state index contributed by atoms with van der Waals surface area (Å²) in [6, 6.07) is 0. The molecule has 16 heavy (non-hydrogen) atoms. The Labute approximate surface area is 94.1 Å². The number of hydrogen-bond donors (Lipinski definition) is 2. The first-order valence-corrected chi connectivity index (χ1v) is 6.96. The first kappa shape index (κ1) is 14.9. The normalized spacial score (nSPS) is 15.3. The molecular weight excluding hydrogens is 233 g/mol. The standard InChI is InChI=1S/C9H16NO5P/c1-4-15-16(3,14)6-5-8(9(12)13)10-7(2)11/h5H,4,6H2,1-3H3,(H,10,11)(H,12,13)/b8-5-. The molecule has 0 spiro atoms. The zero-order chi connectivity index (χ0) is 12.8. The molecule has 0 aliphatic heterocycles. The van der Waals surface area contributed by atoms with Crippen LogP contribution in [0.2, 0.25) is 0 Å². The fourth-order valence-electron chi connectivity index (χ4n) is 0.964. The van der Waals surface area contributed by atoms with Crippen molar-refractivity contribution in [1.29, 1.82) is 0 Å². The number of carboxylic acid groups (broad SMARTS) is 1. The average molecular weight is 249 g/mol. The molecule has 7 heteroatoms. The number of nitrogens with one attached hydrogen (secondary N) is 1. The van der Waals surface area contributed by atoms with Crippen molar-refractivity contribution >= 4 is 19.2 Å². The highest BCUT2D eigenvalue weighted by molar-refractivity contribution is 7.58. The van der Waals surface area contributed by atoms with E-state index in [1.807, 2.05) is 0 Å². The lowest BCUT2D eigenvalue weighted by Gasteiger charge is -2.10. The maximum atomic E-state index is 11.7. The van der Waals surface area contributed by atoms with Crippen LogP contribution in [0.3, 0.4) is 0 Å². The maximum absolute atomic E-state index is 11.7. The van der Waals surface area contributed by atoms with Crippen LogP contribution in [-0.2, 0) is 18.7 Å². The molecule has 0 aliphatic rings. The number of carbonyl (C=O) groups is 2. The van der Waals surface area contributed by atoms with E-state index < -0.39 is 19.2 Å². The van der Waals surface area contributed by atoms with E-state index in [0.29, 0.717) is 6.61 Å². The Hall–Kier alpha value is -1.13. The molecule has 1 amide bonds. The molecule has 0 aromatic carbocycles. The van der Waals surface area contributed by atoms with Crippen molar-refractivity contribution in [3.05, 3.63) is 11.8 Å². The lowest BCUT2D eigenvalue weighted by molar-refractivity contribution is -0.134. The second-order valence-electron chi connectivity index (χ2n) is 3.22. The fraction of sp³-hybridized carbons (Fsp3) is 0.556. The summed E-state index contributed by atoms with van der Waals surface area (Å²) >= 11 is 0. The van der Waals surface area contributed by atoms with Gasteiger partial charge >= 0.3 is 5.97 Å². The van der Waals surface area contributed by atoms with E-state index in [4.69, 9.17) is 9.63 Å². The van der Waals surface area contributed by atoms with Crippen LogP contribution in [0.25, 0.3) is 0 Å². The van der Waals surface area contributed by atoms with Crippen molar-refractivity contribution in [3.8, 4) is 0 Å². The van der Waals surface area contributed by atoms with Crippen molar-refractivity contribution < 1.29 is 23.8 Å². The van der Waals surface area contributed by atoms with Gasteiger partial charge in [0.1, 0.15) is 5.70 Å². The number of carbonyl (C=O) groups excluding carboxylic acids is 1. The van der Waals surface area contributed by atoms with Crippen molar-refractivity contribution in [2.75, 3.05) is 19.4 Å². The molecule has 0 aromatic heterocycles. The van der Waals surface area contributed by atoms with Gasteiger partial charge in [0.05, 0.1) is 6.61 Å². The summed E-state index contributed by atoms with van der Waals surface area (Å²) in [6.45, 7) is 4.61. The summed E-state index contributed by atoms with van der Waals surface area (Å²) < 4.78 is 16.6. The first-order valence-electron chi connectivity index (χ1n) is 4.70. The molecule has 0 heterocycles. The lowest BCUT2D eigenvalue weighted by Crippen LogP contribution is -2.25. The Kier molecular flexibility index (Phi) is 6.00. The Morgan fingerprint density at radius 3 is 2.44 bits per heavy atom. The lowest BCUT2D eigenvalue weighted by atomic mass is 10.4. The van der Waals surface area contributed by atoms with Gasteiger partial charge in [0.25, 0.3) is 0 Å². The van der Waals surface area contributed by atoms with Crippen molar-refractivity contribution in [2.45, 2.75) is 13.8 Å². The van der Waals surface area contributed by atoms with Crippen LogP contribution in [0, 0.1) is 0 Å². The molecule has 0 aliphatic carbocycles. The Morgan fingerprint density at radius 2 is 2.06 bits per heavy atom. The van der Waals surface area contributed by atoms with Crippen molar-refractivity contribution in [3.63, 3.8) is 0 Å². The smallest absolute Gasteiger partial charge is 0.352 e. The van der Waals surface area contributed by atoms with Gasteiger partial charge in [-0.3, -0.25) is 9.36 Å². The third-order valence-corrected chi connectivity index (χ3v) is 3.22. The van der Waals surface area contributed by atoms with Gasteiger partial charge in [-0.1, -0.05) is 0 Å². The minimum Gasteiger partial charge on any atom is -0.477 e. The summed E-state index contributed by atoms with van der Waals surface area (Å²) in [7, 11) is -2.82. The molecule has 0 fully saturated rings. The second kappa shape index (κ2) is 6.45. The first-order chi connectivity index (χ1) is 7.28. The van der Waals surface area contributed by atoms with Gasteiger partial charge in [-0.15, -0.1) is 0 Å². The summed E-state index contributed by atoms with van der Waals surface area (Å²) in [6.07, 6.45) is 1.17. The highest BCUT2D eigenvalue weighted by atomic mass is 31.2. The SMILES string of the molecule is CCOP(C)(=O)C/C=C(\NC(C)=O)C(=O)O. The quantitative estimate of drug-likeness (QED) is 0.542. The highest BCUT2D eigenvalue weighted by Crippen LogP contribution is 2.42. The Balaban J connectivity index is 4.63. The van der Waals surface area contributed by atoms with E-state index in [1.54, 1.807) is 6.92 Å². The van der Waals surface area contributed by atoms with Gasteiger partial charge in [-0.05, 0) is 13.0 Å². The van der Waals surface area contributed by atoms with Crippen LogP contribution in [0.15, 0.2) is 11.8 Å². The third-order valence-electron chi connectivity index (χ3n) is 1.57. The molecule has 0 rings (SSSR count). The third kappa shape index (κ3) is 6.37. The molecule has 1 atom stereocenters. The predicted molar refractivity (Wildman–Crippen MR) is 59.6 cm³/mol. The van der Waals surface area contributed by atoms with E-state index in [0.717, 1.165) is 0 Å². The van der Waals surface area contributed by atoms with Crippen LogP contribution < -0.4 is 5.32 Å². The molecule has 0 bridgehead atoms. The topological polar surface area (TPSA) is 92.7 Å². The minimum absolute atomic E-state index is 0.0250. The molecule has 0 saturated carbocycles. The maximum Gasteiger partial charge on any atom is 0.352 e. The average Bonchev–Trinajstić information content (AvgIpc) is 2.11. The predicted octanol–water partition coefficient (Wildman–Crippen LogP) is 1.04. The van der Waals surface area contributed by atoms with Crippen molar-refractivity contribution in [2.24, 2.45) is 0 Å². The van der Waals surface area contributed by atoms with Gasteiger partial charge in [0, 0.05) is 19.8 Å². The van der Waals surface area contributed by atoms with Crippen LogP contribution in [0.1, 0.15) is 13.8 Å². The highest BCUT2D eigenvalue weighted by Gasteiger charge is 2.16. The Morgan fingerprint density at radius 1 is 1.50 bits per heavy atom. The van der Waals surface area contributed by atoms with Gasteiger partial charge in [-0.2, -0.15) is 0 Å². The van der Waals surface area contributed by atoms with Crippen LogP contribution >= 0.6 is 7.37 Å². The van der Waals surface area contributed by atoms with Gasteiger partial charge in [-0.25, -0.2) is 4.79 Å². The van der Waals surface area contributed by atoms with Gasteiger partial charge in [0.2, 0.25) is 13.3 Å². The zero-order valence-electron chi connectivity index (χ0n) is 9.52. The summed E-state index contributed by atoms with van der Waals surface area (Å²) in [5, 5.41) is 10.9. The molecule has 92 valence electrons. The van der Waals surface area contributed by atoms with Gasteiger partial charge < -0.3 is 14.9 Å². The Bertz CT molecular complexity index is 350. The van der Waals surface area contributed by atoms with Crippen LogP contribution in [-0.4, -0.2) is 36.4 Å². The molecule has 2 N–H and O–H groups in total. The largest absolute Gasteiger partial charge is 0.477 e. The van der Waals surface area contributed by atoms with E-state index >= 15 is 0 Å². The number of carboxylic acids is 1. The van der Waals surface area contributed by atoms with E-state index in [2.05, 4.69) is 5.32 Å². The molecular formula is C9H16NO5P. The molecule has 0 radical (unpaired) electrons. The molecule has 6 nitrogen and oxygen atoms in total. The van der Waals surface area contributed by atoms with E-state index in [9.17, 15) is 14.2 Å². The minimum atomic E-state index is -2.82. The summed E-state index contributed by atoms with van der Waals surface area (Å²) in [5.74, 6) is -1.76. The second-order valence-corrected chi connectivity index (χ2v) is 5.87. The van der Waals surface area contributed by atoms with E-state index in [1.165, 1.54) is 19.7 Å². The molecule has 1 unspecified atom stereocenters. The van der Waals surface area contributed by atoms with Crippen LogP contribution in [0.4, 0.5) is 0 Å². The molecule has 0 aromatic rings. The van der Waals surface area contributed by atoms with Crippen molar-refractivity contribution in [1.82, 2.24) is 5.32 Å². The van der Waals surface area contributed by atoms with Gasteiger partial charge in [0.15, 0.2) is 0 Å². The fourth-order valence-corrected chi connectivity index (χ4v) is 2.13. The number of amides is 1. The summed E-state index contributed by atoms with van der Waals surface area (Å²) in [4.78, 5) is 21.4. The summed E-state index contributed by atoms with van der Waals surface area (Å²) in [5.41, 5.74) is -0.283. The number of aliphatic carboxylic acids is 1. The monoisotopic (exact) mass is 249 g/mol. The number of rotatable bonds is 6. The van der Waals surface area contributed by atoms with E-state index in [-0.39, 0.29) is 11.9 Å². The number of hydrogen-bond acceptors (Lipinski definition) is 4. The number of allylic oxidation sites excluding steroid dienone is 1. The van der Waals surface area contributed by atoms with Crippen LogP contribution in [0.5, 0.6) is 0 Å².